The van der Waals surface area contributed by atoms with Gasteiger partial charge in [-0.15, -0.1) is 23.1 Å². The molecule has 0 spiro atoms. The molecule has 1 amide bonds. The molecule has 0 aliphatic rings. The molecule has 1 heterocycles. The largest absolute Gasteiger partial charge is 0.350 e. The van der Waals surface area contributed by atoms with Crippen molar-refractivity contribution in [3.8, 4) is 0 Å². The zero-order valence-electron chi connectivity index (χ0n) is 13.1. The lowest BCUT2D eigenvalue weighted by Crippen LogP contribution is -2.24. The molecule has 5 nitrogen and oxygen atoms in total. The SMILES string of the molecule is Cc1cc(SCC(=O)NCc2ccc(S(N)(=O)=O)s2)c(C)cc1Br. The lowest BCUT2D eigenvalue weighted by Gasteiger charge is -2.09. The molecular weight excluding hydrogens is 432 g/mol. The van der Waals surface area contributed by atoms with Crippen LogP contribution in [0.2, 0.25) is 0 Å². The van der Waals surface area contributed by atoms with Crippen molar-refractivity contribution in [1.82, 2.24) is 5.32 Å². The highest BCUT2D eigenvalue weighted by molar-refractivity contribution is 9.10. The number of aryl methyl sites for hydroxylation is 2. The van der Waals surface area contributed by atoms with Crippen molar-refractivity contribution in [2.24, 2.45) is 5.14 Å². The topological polar surface area (TPSA) is 89.3 Å². The van der Waals surface area contributed by atoms with E-state index in [1.165, 1.54) is 17.8 Å². The fourth-order valence-electron chi connectivity index (χ4n) is 1.90. The molecule has 1 aromatic heterocycles. The summed E-state index contributed by atoms with van der Waals surface area (Å²) in [4.78, 5) is 13.8. The maximum Gasteiger partial charge on any atom is 0.247 e. The van der Waals surface area contributed by atoms with Gasteiger partial charge in [0.05, 0.1) is 12.3 Å². The van der Waals surface area contributed by atoms with Crippen molar-refractivity contribution in [1.29, 1.82) is 0 Å². The van der Waals surface area contributed by atoms with Crippen molar-refractivity contribution in [2.75, 3.05) is 5.75 Å². The van der Waals surface area contributed by atoms with Crippen molar-refractivity contribution >= 4 is 55.0 Å². The number of nitrogens with one attached hydrogen (secondary N) is 1. The number of carbonyl (C=O) groups is 1. The smallest absolute Gasteiger partial charge is 0.247 e. The van der Waals surface area contributed by atoms with Crippen LogP contribution in [0.4, 0.5) is 0 Å². The molecule has 0 atom stereocenters. The number of carbonyl (C=O) groups excluding carboxylic acids is 1. The summed E-state index contributed by atoms with van der Waals surface area (Å²) in [5.74, 6) is 0.195. The maximum absolute atomic E-state index is 12.0. The average Bonchev–Trinajstić information content (AvgIpc) is 2.96. The molecule has 24 heavy (non-hydrogen) atoms. The highest BCUT2D eigenvalue weighted by Crippen LogP contribution is 2.28. The third-order valence-corrected chi connectivity index (χ3v) is 7.73. The Kier molecular flexibility index (Phi) is 6.49. The van der Waals surface area contributed by atoms with Gasteiger partial charge >= 0.3 is 0 Å². The monoisotopic (exact) mass is 448 g/mol. The summed E-state index contributed by atoms with van der Waals surface area (Å²) >= 11 is 6.03. The first-order valence-electron chi connectivity index (χ1n) is 6.94. The van der Waals surface area contributed by atoms with Gasteiger partial charge in [0.15, 0.2) is 0 Å². The Morgan fingerprint density at radius 2 is 2.00 bits per heavy atom. The van der Waals surface area contributed by atoms with Crippen molar-refractivity contribution in [3.05, 3.63) is 44.7 Å². The van der Waals surface area contributed by atoms with Crippen LogP contribution in [0.5, 0.6) is 0 Å². The number of benzene rings is 1. The number of hydrogen-bond donors (Lipinski definition) is 2. The summed E-state index contributed by atoms with van der Waals surface area (Å²) in [6, 6.07) is 7.19. The first-order valence-corrected chi connectivity index (χ1v) is 11.1. The molecule has 3 N–H and O–H groups in total. The lowest BCUT2D eigenvalue weighted by molar-refractivity contribution is -0.118. The lowest BCUT2D eigenvalue weighted by atomic mass is 10.2. The zero-order chi connectivity index (χ0) is 17.9. The first kappa shape index (κ1) is 19.5. The normalized spacial score (nSPS) is 11.5. The van der Waals surface area contributed by atoms with Gasteiger partial charge in [-0.3, -0.25) is 4.79 Å². The van der Waals surface area contributed by atoms with Crippen LogP contribution in [-0.4, -0.2) is 20.1 Å². The van der Waals surface area contributed by atoms with Crippen LogP contribution in [0, 0.1) is 13.8 Å². The Morgan fingerprint density at radius 1 is 1.29 bits per heavy atom. The number of nitrogens with two attached hydrogens (primary N) is 1. The van der Waals surface area contributed by atoms with E-state index in [1.807, 2.05) is 19.9 Å². The fourth-order valence-corrected chi connectivity index (χ4v) is 5.01. The number of halogens is 1. The van der Waals surface area contributed by atoms with E-state index in [0.717, 1.165) is 36.7 Å². The third kappa shape index (κ3) is 5.32. The Labute approximate surface area is 158 Å². The molecule has 0 aliphatic heterocycles. The van der Waals surface area contributed by atoms with Gasteiger partial charge in [0.25, 0.3) is 0 Å². The highest BCUT2D eigenvalue weighted by Gasteiger charge is 2.12. The molecule has 0 radical (unpaired) electrons. The van der Waals surface area contributed by atoms with E-state index in [9.17, 15) is 13.2 Å². The van der Waals surface area contributed by atoms with Crippen LogP contribution >= 0.6 is 39.0 Å². The Bertz CT molecular complexity index is 863. The summed E-state index contributed by atoms with van der Waals surface area (Å²) in [5.41, 5.74) is 2.24. The van der Waals surface area contributed by atoms with Gasteiger partial charge in [0.2, 0.25) is 15.9 Å². The summed E-state index contributed by atoms with van der Waals surface area (Å²) in [6.07, 6.45) is 0. The van der Waals surface area contributed by atoms with Crippen LogP contribution in [0.3, 0.4) is 0 Å². The van der Waals surface area contributed by atoms with Crippen LogP contribution < -0.4 is 10.5 Å². The second-order valence-electron chi connectivity index (χ2n) is 5.20. The van der Waals surface area contributed by atoms with E-state index < -0.39 is 10.0 Å². The summed E-state index contributed by atoms with van der Waals surface area (Å²) in [6.45, 7) is 4.30. The Balaban J connectivity index is 1.88. The van der Waals surface area contributed by atoms with E-state index in [4.69, 9.17) is 5.14 Å². The fraction of sp³-hybridized carbons (Fsp3) is 0.267. The Hall–Kier alpha value is -0.870. The third-order valence-electron chi connectivity index (χ3n) is 3.19. The van der Waals surface area contributed by atoms with Crippen molar-refractivity contribution < 1.29 is 13.2 Å². The molecule has 0 bridgehead atoms. The number of thiophene rings is 1. The molecule has 9 heteroatoms. The second kappa shape index (κ2) is 8.01. The van der Waals surface area contributed by atoms with E-state index in [0.29, 0.717) is 5.75 Å². The molecule has 0 saturated carbocycles. The minimum absolute atomic E-state index is 0.0992. The number of amides is 1. The number of thioether (sulfide) groups is 1. The zero-order valence-corrected chi connectivity index (χ0v) is 17.2. The number of hydrogen-bond acceptors (Lipinski definition) is 5. The van der Waals surface area contributed by atoms with Crippen LogP contribution in [-0.2, 0) is 21.4 Å². The Morgan fingerprint density at radius 3 is 2.62 bits per heavy atom. The molecule has 0 fully saturated rings. The summed E-state index contributed by atoms with van der Waals surface area (Å²) in [7, 11) is -3.68. The van der Waals surface area contributed by atoms with Gasteiger partial charge in [-0.1, -0.05) is 15.9 Å². The summed E-state index contributed by atoms with van der Waals surface area (Å²) in [5, 5.41) is 7.85. The average molecular weight is 449 g/mol. The van der Waals surface area contributed by atoms with Crippen LogP contribution in [0.15, 0.2) is 37.8 Å². The van der Waals surface area contributed by atoms with Crippen LogP contribution in [0.1, 0.15) is 16.0 Å². The van der Waals surface area contributed by atoms with Crippen molar-refractivity contribution in [3.63, 3.8) is 0 Å². The molecule has 2 aromatic rings. The van der Waals surface area contributed by atoms with E-state index in [-0.39, 0.29) is 16.7 Å². The number of sulfonamides is 1. The molecule has 1 aromatic carbocycles. The van der Waals surface area contributed by atoms with E-state index >= 15 is 0 Å². The molecule has 130 valence electrons. The molecule has 2 rings (SSSR count). The number of primary sulfonamides is 1. The van der Waals surface area contributed by atoms with Crippen molar-refractivity contribution in [2.45, 2.75) is 29.5 Å². The predicted molar refractivity (Wildman–Crippen MR) is 102 cm³/mol. The molecular formula is C15H17BrN2O3S3. The van der Waals surface area contributed by atoms with Gasteiger partial charge < -0.3 is 5.32 Å². The standard InChI is InChI=1S/C15H17BrN2O3S3/c1-9-6-13(10(2)5-12(9)16)22-8-14(19)18-7-11-3-4-15(23-11)24(17,20)21/h3-6H,7-8H2,1-2H3,(H,18,19)(H2,17,20,21). The molecule has 0 saturated heterocycles. The highest BCUT2D eigenvalue weighted by atomic mass is 79.9. The van der Waals surface area contributed by atoms with Gasteiger partial charge in [-0.2, -0.15) is 0 Å². The molecule has 0 aliphatic carbocycles. The first-order chi connectivity index (χ1) is 11.2. The van der Waals surface area contributed by atoms with Gasteiger partial charge in [-0.05, 0) is 49.2 Å². The van der Waals surface area contributed by atoms with E-state index in [2.05, 4.69) is 27.3 Å². The van der Waals surface area contributed by atoms with Crippen LogP contribution in [0.25, 0.3) is 0 Å². The minimum atomic E-state index is -3.68. The van der Waals surface area contributed by atoms with Gasteiger partial charge in [-0.25, -0.2) is 13.6 Å². The quantitative estimate of drug-likeness (QED) is 0.663. The maximum atomic E-state index is 12.0. The van der Waals surface area contributed by atoms with Gasteiger partial charge in [0.1, 0.15) is 4.21 Å². The molecule has 0 unspecified atom stereocenters. The van der Waals surface area contributed by atoms with Gasteiger partial charge in [0, 0.05) is 14.2 Å². The predicted octanol–water partition coefficient (Wildman–Crippen LogP) is 3.18. The number of rotatable bonds is 6. The minimum Gasteiger partial charge on any atom is -0.350 e. The van der Waals surface area contributed by atoms with E-state index in [1.54, 1.807) is 6.07 Å². The summed E-state index contributed by atoms with van der Waals surface area (Å²) < 4.78 is 23.6. The second-order valence-corrected chi connectivity index (χ2v) is 10.0.